The van der Waals surface area contributed by atoms with Crippen LogP contribution in [0.1, 0.15) is 29.7 Å². The van der Waals surface area contributed by atoms with E-state index >= 15 is 0 Å². The van der Waals surface area contributed by atoms with Crippen molar-refractivity contribution in [2.75, 3.05) is 5.75 Å². The first kappa shape index (κ1) is 27.6. The van der Waals surface area contributed by atoms with Crippen molar-refractivity contribution in [1.29, 1.82) is 0 Å². The Hall–Kier alpha value is -4.55. The zero-order chi connectivity index (χ0) is 29.3. The lowest BCUT2D eigenvalue weighted by Crippen LogP contribution is -2.36. The van der Waals surface area contributed by atoms with Gasteiger partial charge in [0.15, 0.2) is 0 Å². The molecular formula is C36H33N3O2S. The second kappa shape index (κ2) is 11.4. The molecule has 0 unspecified atom stereocenters. The molecule has 0 aliphatic carbocycles. The van der Waals surface area contributed by atoms with E-state index in [1.54, 1.807) is 18.7 Å². The van der Waals surface area contributed by atoms with Crippen LogP contribution in [-0.2, 0) is 18.8 Å². The van der Waals surface area contributed by atoms with Crippen molar-refractivity contribution in [1.82, 2.24) is 13.7 Å². The number of hydrogen-bond acceptors (Lipinski definition) is 3. The Kier molecular flexibility index (Phi) is 7.48. The van der Waals surface area contributed by atoms with Gasteiger partial charge in [-0.3, -0.25) is 13.9 Å². The fraction of sp³-hybridized carbons (Fsp3) is 0.167. The molecule has 0 spiro atoms. The molecule has 2 heterocycles. The van der Waals surface area contributed by atoms with E-state index in [1.165, 1.54) is 21.3 Å². The highest BCUT2D eigenvalue weighted by Crippen LogP contribution is 2.49. The van der Waals surface area contributed by atoms with Crippen LogP contribution in [-0.4, -0.2) is 19.5 Å². The Morgan fingerprint density at radius 2 is 1.12 bits per heavy atom. The van der Waals surface area contributed by atoms with Crippen molar-refractivity contribution < 1.29 is 0 Å². The van der Waals surface area contributed by atoms with Gasteiger partial charge in [-0.1, -0.05) is 121 Å². The van der Waals surface area contributed by atoms with Crippen LogP contribution in [0.4, 0.5) is 0 Å². The summed E-state index contributed by atoms with van der Waals surface area (Å²) in [5.41, 5.74) is 5.42. The molecule has 0 bridgehead atoms. The van der Waals surface area contributed by atoms with Crippen molar-refractivity contribution >= 4 is 22.7 Å². The molecule has 0 N–H and O–H groups in total. The standard InChI is InChI=1S/C36H33N3O2S/c1-26(39-24-31-32(33(39)27-16-8-4-9-17-27)34(40)38(3)35(41)37(31)2)25-42-36(28-18-10-5-11-19-28,29-20-12-6-13-21-29)30-22-14-7-15-23-30/h4-24,26H,25H2,1-3H3/t26-/m0/s1. The summed E-state index contributed by atoms with van der Waals surface area (Å²) in [6.45, 7) is 2.19. The number of aryl methyl sites for hydroxylation is 1. The number of thioether (sulfide) groups is 1. The molecule has 4 aromatic carbocycles. The van der Waals surface area contributed by atoms with Gasteiger partial charge in [-0.05, 0) is 29.2 Å². The van der Waals surface area contributed by atoms with Gasteiger partial charge in [0.2, 0.25) is 0 Å². The molecule has 42 heavy (non-hydrogen) atoms. The minimum atomic E-state index is -0.458. The largest absolute Gasteiger partial charge is 0.341 e. The van der Waals surface area contributed by atoms with Gasteiger partial charge in [0.25, 0.3) is 5.56 Å². The van der Waals surface area contributed by atoms with Crippen LogP contribution in [0.15, 0.2) is 137 Å². The van der Waals surface area contributed by atoms with Gasteiger partial charge >= 0.3 is 5.69 Å². The summed E-state index contributed by atoms with van der Waals surface area (Å²) in [5.74, 6) is 0.744. The minimum Gasteiger partial charge on any atom is -0.341 e. The van der Waals surface area contributed by atoms with E-state index < -0.39 is 4.75 Å². The Morgan fingerprint density at radius 1 is 0.667 bits per heavy atom. The van der Waals surface area contributed by atoms with Gasteiger partial charge in [-0.2, -0.15) is 0 Å². The summed E-state index contributed by atoms with van der Waals surface area (Å²) in [4.78, 5) is 26.4. The highest BCUT2D eigenvalue weighted by atomic mass is 32.2. The van der Waals surface area contributed by atoms with Gasteiger partial charge < -0.3 is 4.57 Å². The lowest BCUT2D eigenvalue weighted by Gasteiger charge is -2.36. The summed E-state index contributed by atoms with van der Waals surface area (Å²) < 4.78 is 4.49. The van der Waals surface area contributed by atoms with Crippen LogP contribution in [0.3, 0.4) is 0 Å². The number of aromatic nitrogens is 3. The first-order chi connectivity index (χ1) is 20.4. The highest BCUT2D eigenvalue weighted by molar-refractivity contribution is 8.00. The van der Waals surface area contributed by atoms with Gasteiger partial charge in [-0.25, -0.2) is 4.79 Å². The van der Waals surface area contributed by atoms with Crippen molar-refractivity contribution in [2.24, 2.45) is 14.1 Å². The third kappa shape index (κ3) is 4.62. The van der Waals surface area contributed by atoms with Gasteiger partial charge in [-0.15, -0.1) is 11.8 Å². The van der Waals surface area contributed by atoms with Crippen molar-refractivity contribution in [3.05, 3.63) is 165 Å². The van der Waals surface area contributed by atoms with E-state index in [9.17, 15) is 9.59 Å². The second-order valence-corrected chi connectivity index (χ2v) is 11.9. The Balaban J connectivity index is 1.53. The molecule has 5 nitrogen and oxygen atoms in total. The molecule has 6 rings (SSSR count). The Bertz CT molecular complexity index is 1850. The molecule has 6 heteroatoms. The molecule has 0 radical (unpaired) electrons. The first-order valence-electron chi connectivity index (χ1n) is 14.1. The van der Waals surface area contributed by atoms with Crippen LogP contribution < -0.4 is 11.2 Å². The van der Waals surface area contributed by atoms with E-state index in [4.69, 9.17) is 0 Å². The molecule has 1 atom stereocenters. The molecule has 0 saturated heterocycles. The van der Waals surface area contributed by atoms with Crippen LogP contribution in [0.25, 0.3) is 22.2 Å². The smallest absolute Gasteiger partial charge is 0.330 e. The summed E-state index contributed by atoms with van der Waals surface area (Å²) >= 11 is 1.89. The fourth-order valence-corrected chi connectivity index (χ4v) is 7.45. The normalized spacial score (nSPS) is 12.5. The zero-order valence-electron chi connectivity index (χ0n) is 24.0. The van der Waals surface area contributed by atoms with Crippen molar-refractivity contribution in [2.45, 2.75) is 17.7 Å². The average Bonchev–Trinajstić information content (AvgIpc) is 3.46. The molecule has 210 valence electrons. The lowest BCUT2D eigenvalue weighted by atomic mass is 9.84. The predicted molar refractivity (Wildman–Crippen MR) is 174 cm³/mol. The lowest BCUT2D eigenvalue weighted by molar-refractivity contribution is 0.618. The van der Waals surface area contributed by atoms with E-state index in [0.29, 0.717) is 10.9 Å². The van der Waals surface area contributed by atoms with E-state index in [0.717, 1.165) is 17.0 Å². The van der Waals surface area contributed by atoms with Gasteiger partial charge in [0.05, 0.1) is 21.3 Å². The number of rotatable bonds is 8. The predicted octanol–water partition coefficient (Wildman–Crippen LogP) is 6.99. The molecule has 2 aromatic heterocycles. The zero-order valence-corrected chi connectivity index (χ0v) is 24.8. The summed E-state index contributed by atoms with van der Waals surface area (Å²) in [7, 11) is 3.28. The van der Waals surface area contributed by atoms with E-state index in [1.807, 2.05) is 48.3 Å². The summed E-state index contributed by atoms with van der Waals surface area (Å²) in [6, 6.07) is 42.0. The number of nitrogens with zero attached hydrogens (tertiary/aromatic N) is 3. The van der Waals surface area contributed by atoms with Gasteiger partial charge in [0, 0.05) is 32.1 Å². The highest BCUT2D eigenvalue weighted by Gasteiger charge is 2.37. The third-order valence-electron chi connectivity index (χ3n) is 8.07. The van der Waals surface area contributed by atoms with Crippen LogP contribution >= 0.6 is 11.8 Å². The SMILES string of the molecule is C[C@@H](CSC(c1ccccc1)(c1ccccc1)c1ccccc1)n1cc2c(c1-c1ccccc1)c(=O)n(C)c(=O)n2C. The van der Waals surface area contributed by atoms with E-state index in [-0.39, 0.29) is 17.3 Å². The monoisotopic (exact) mass is 571 g/mol. The minimum absolute atomic E-state index is 0.00655. The van der Waals surface area contributed by atoms with Crippen LogP contribution in [0.5, 0.6) is 0 Å². The first-order valence-corrected chi connectivity index (χ1v) is 15.1. The molecule has 0 aliphatic rings. The fourth-order valence-electron chi connectivity index (χ4n) is 5.89. The van der Waals surface area contributed by atoms with Crippen molar-refractivity contribution in [3.8, 4) is 11.3 Å². The maximum Gasteiger partial charge on any atom is 0.330 e. The molecule has 0 aliphatic heterocycles. The summed E-state index contributed by atoms with van der Waals surface area (Å²) in [5, 5.41) is 0.558. The average molecular weight is 572 g/mol. The molecule has 0 saturated carbocycles. The molecule has 0 fully saturated rings. The third-order valence-corrected chi connectivity index (χ3v) is 9.86. The molecule has 0 amide bonds. The molecule has 6 aromatic rings. The quantitative estimate of drug-likeness (QED) is 0.185. The topological polar surface area (TPSA) is 48.9 Å². The second-order valence-electron chi connectivity index (χ2n) is 10.7. The van der Waals surface area contributed by atoms with Crippen LogP contribution in [0, 0.1) is 0 Å². The molecular weight excluding hydrogens is 538 g/mol. The van der Waals surface area contributed by atoms with Crippen LogP contribution in [0.2, 0.25) is 0 Å². The summed E-state index contributed by atoms with van der Waals surface area (Å²) in [6.07, 6.45) is 1.97. The maximum absolute atomic E-state index is 13.5. The maximum atomic E-state index is 13.5. The Morgan fingerprint density at radius 3 is 1.60 bits per heavy atom. The number of hydrogen-bond donors (Lipinski definition) is 0. The van der Waals surface area contributed by atoms with E-state index in [2.05, 4.69) is 102 Å². The number of fused-ring (bicyclic) bond motifs is 1. The Labute approximate surface area is 249 Å². The number of benzene rings is 4. The van der Waals surface area contributed by atoms with Gasteiger partial charge in [0.1, 0.15) is 0 Å². The van der Waals surface area contributed by atoms with Crippen molar-refractivity contribution in [3.63, 3.8) is 0 Å².